The van der Waals surface area contributed by atoms with E-state index in [2.05, 4.69) is 59.8 Å². The van der Waals surface area contributed by atoms with Crippen LogP contribution in [0.2, 0.25) is 5.02 Å². The van der Waals surface area contributed by atoms with Crippen LogP contribution in [0.3, 0.4) is 0 Å². The third kappa shape index (κ3) is 5.54. The number of hydrogen-bond donors (Lipinski definition) is 1. The van der Waals surface area contributed by atoms with Gasteiger partial charge in [0.1, 0.15) is 17.9 Å². The Hall–Kier alpha value is -2.21. The Morgan fingerprint density at radius 2 is 1.68 bits per heavy atom. The minimum atomic E-state index is -0.795. The Morgan fingerprint density at radius 3 is 2.32 bits per heavy atom. The molecule has 1 N–H and O–H groups in total. The van der Waals surface area contributed by atoms with E-state index in [1.807, 2.05) is 12.1 Å². The van der Waals surface area contributed by atoms with Crippen LogP contribution in [0.25, 0.3) is 6.08 Å². The van der Waals surface area contributed by atoms with Crippen molar-refractivity contribution in [1.82, 2.24) is 5.32 Å². The molecule has 0 unspecified atom stereocenters. The Morgan fingerprint density at radius 1 is 1.00 bits per heavy atom. The van der Waals surface area contributed by atoms with E-state index < -0.39 is 17.8 Å². The van der Waals surface area contributed by atoms with E-state index in [1.165, 1.54) is 6.08 Å². The first-order valence-electron chi connectivity index (χ1n) is 9.76. The van der Waals surface area contributed by atoms with Gasteiger partial charge in [0, 0.05) is 9.50 Å². The van der Waals surface area contributed by atoms with Crippen molar-refractivity contribution in [3.63, 3.8) is 0 Å². The van der Waals surface area contributed by atoms with Crippen molar-refractivity contribution in [2.24, 2.45) is 0 Å². The fourth-order valence-electron chi connectivity index (χ4n) is 3.19. The number of nitrogens with one attached hydrogen (secondary N) is 1. The largest absolute Gasteiger partial charge is 0.487 e. The second-order valence-electron chi connectivity index (χ2n) is 7.16. The Balaban J connectivity index is 1.60. The first-order valence-corrected chi connectivity index (χ1v) is 12.8. The molecule has 6 nitrogen and oxygen atoms in total. The molecule has 172 valence electrons. The number of halogens is 4. The van der Waals surface area contributed by atoms with Gasteiger partial charge >= 0.3 is 6.03 Å². The number of carbonyl (C=O) groups is 3. The van der Waals surface area contributed by atoms with Crippen molar-refractivity contribution in [3.8, 4) is 5.75 Å². The molecule has 0 saturated carbocycles. The summed E-state index contributed by atoms with van der Waals surface area (Å²) < 4.78 is 8.19. The van der Waals surface area contributed by atoms with Crippen LogP contribution in [0.15, 0.2) is 75.2 Å². The molecule has 1 saturated heterocycles. The normalized spacial score (nSPS) is 15.0. The van der Waals surface area contributed by atoms with Crippen molar-refractivity contribution in [1.29, 1.82) is 0 Å². The molecule has 1 heterocycles. The quantitative estimate of drug-likeness (QED) is 0.181. The molecule has 10 heteroatoms. The third-order valence-electron chi connectivity index (χ3n) is 4.81. The molecule has 3 aromatic rings. The van der Waals surface area contributed by atoms with Crippen molar-refractivity contribution >= 4 is 95.7 Å². The molecule has 34 heavy (non-hydrogen) atoms. The summed E-state index contributed by atoms with van der Waals surface area (Å²) in [5.41, 5.74) is 1.75. The molecule has 0 atom stereocenters. The number of barbiturate groups is 1. The van der Waals surface area contributed by atoms with Crippen LogP contribution in [0.4, 0.5) is 10.5 Å². The van der Waals surface area contributed by atoms with Crippen LogP contribution >= 0.6 is 66.1 Å². The maximum Gasteiger partial charge on any atom is 0.335 e. The molecular formula is C24H14Br2ClIN2O4. The molecule has 0 radical (unpaired) electrons. The highest BCUT2D eigenvalue weighted by molar-refractivity contribution is 14.1. The smallest absolute Gasteiger partial charge is 0.335 e. The number of nitrogens with zero attached hydrogens (tertiary/aromatic N) is 1. The van der Waals surface area contributed by atoms with Gasteiger partial charge in [0.05, 0.1) is 13.7 Å². The highest BCUT2D eigenvalue weighted by Gasteiger charge is 2.36. The molecule has 4 rings (SSSR count). The average molecular weight is 717 g/mol. The second-order valence-corrected chi connectivity index (χ2v) is 10.5. The minimum absolute atomic E-state index is 0.153. The molecule has 4 amide bonds. The number of hydrogen-bond acceptors (Lipinski definition) is 4. The highest BCUT2D eigenvalue weighted by Crippen LogP contribution is 2.34. The summed E-state index contributed by atoms with van der Waals surface area (Å²) in [6.07, 6.45) is 1.45. The van der Waals surface area contributed by atoms with Crippen LogP contribution in [0.1, 0.15) is 11.1 Å². The molecule has 0 spiro atoms. The van der Waals surface area contributed by atoms with Crippen LogP contribution in [0, 0.1) is 3.57 Å². The lowest BCUT2D eigenvalue weighted by molar-refractivity contribution is -0.122. The van der Waals surface area contributed by atoms with Gasteiger partial charge in [-0.1, -0.05) is 39.7 Å². The Bertz CT molecular complexity index is 1300. The van der Waals surface area contributed by atoms with E-state index in [0.29, 0.717) is 33.1 Å². The fourth-order valence-corrected chi connectivity index (χ4v) is 5.34. The second kappa shape index (κ2) is 10.6. The number of amides is 4. The number of imide groups is 2. The predicted octanol–water partition coefficient (Wildman–Crippen LogP) is 6.72. The van der Waals surface area contributed by atoms with Gasteiger partial charge in [0.2, 0.25) is 0 Å². The van der Waals surface area contributed by atoms with Gasteiger partial charge in [-0.2, -0.15) is 0 Å². The summed E-state index contributed by atoms with van der Waals surface area (Å²) in [5, 5.41) is 2.88. The Labute approximate surface area is 230 Å². The van der Waals surface area contributed by atoms with Crippen molar-refractivity contribution in [3.05, 3.63) is 94.9 Å². The van der Waals surface area contributed by atoms with E-state index in [-0.39, 0.29) is 5.57 Å². The zero-order valence-corrected chi connectivity index (χ0v) is 23.2. The summed E-state index contributed by atoms with van der Waals surface area (Å²) in [6, 6.07) is 16.7. The van der Waals surface area contributed by atoms with Crippen molar-refractivity contribution in [2.45, 2.75) is 6.61 Å². The molecule has 1 aliphatic rings. The zero-order valence-electron chi connectivity index (χ0n) is 17.2. The lowest BCUT2D eigenvalue weighted by Gasteiger charge is -2.26. The van der Waals surface area contributed by atoms with Gasteiger partial charge in [0.15, 0.2) is 0 Å². The van der Waals surface area contributed by atoms with Gasteiger partial charge in [-0.25, -0.2) is 9.69 Å². The highest BCUT2D eigenvalue weighted by atomic mass is 127. The summed E-state index contributed by atoms with van der Waals surface area (Å²) >= 11 is 14.9. The third-order valence-corrected chi connectivity index (χ3v) is 6.99. The van der Waals surface area contributed by atoms with Crippen LogP contribution in [-0.4, -0.2) is 17.8 Å². The maximum absolute atomic E-state index is 13.1. The van der Waals surface area contributed by atoms with Gasteiger partial charge in [-0.15, -0.1) is 0 Å². The molecular weight excluding hydrogens is 702 g/mol. The monoisotopic (exact) mass is 714 g/mol. The lowest BCUT2D eigenvalue weighted by atomic mass is 10.1. The summed E-state index contributed by atoms with van der Waals surface area (Å²) in [7, 11) is 0. The predicted molar refractivity (Wildman–Crippen MR) is 146 cm³/mol. The standard InChI is InChI=1S/C24H14Br2ClIN2O4/c25-15-3-7-17(8-4-15)30-23(32)18(22(31)29-24(30)33)9-14-10-19(26)21(20(28)11-14)34-12-13-1-5-16(27)6-2-13/h1-11H,12H2,(H,29,31,33)/b18-9+. The number of ether oxygens (including phenoxy) is 1. The van der Waals surface area contributed by atoms with Crippen molar-refractivity contribution < 1.29 is 19.1 Å². The molecule has 0 bridgehead atoms. The minimum Gasteiger partial charge on any atom is -0.487 e. The summed E-state index contributed by atoms with van der Waals surface area (Å²) in [4.78, 5) is 38.8. The van der Waals surface area contributed by atoms with Crippen molar-refractivity contribution in [2.75, 3.05) is 4.90 Å². The first-order chi connectivity index (χ1) is 16.2. The summed E-state index contributed by atoms with van der Waals surface area (Å²) in [5.74, 6) is -0.827. The number of carbonyl (C=O) groups excluding carboxylic acids is 3. The zero-order chi connectivity index (χ0) is 24.4. The topological polar surface area (TPSA) is 75.7 Å². The van der Waals surface area contributed by atoms with Gasteiger partial charge in [-0.05, 0) is 104 Å². The van der Waals surface area contributed by atoms with Gasteiger partial charge in [-0.3, -0.25) is 14.9 Å². The van der Waals surface area contributed by atoms with Crippen LogP contribution in [0.5, 0.6) is 5.75 Å². The fraction of sp³-hybridized carbons (Fsp3) is 0.0417. The molecule has 0 aliphatic carbocycles. The number of urea groups is 1. The molecule has 3 aromatic carbocycles. The molecule has 0 aromatic heterocycles. The number of anilines is 1. The van der Waals surface area contributed by atoms with Gasteiger partial charge in [0.25, 0.3) is 11.8 Å². The number of benzene rings is 3. The number of rotatable bonds is 5. The molecule has 1 aliphatic heterocycles. The van der Waals surface area contributed by atoms with E-state index in [0.717, 1.165) is 18.5 Å². The summed E-state index contributed by atoms with van der Waals surface area (Å²) in [6.45, 7) is 0.345. The molecule has 1 fully saturated rings. The van der Waals surface area contributed by atoms with Gasteiger partial charge < -0.3 is 4.74 Å². The first kappa shape index (κ1) is 24.9. The van der Waals surface area contributed by atoms with E-state index in [4.69, 9.17) is 16.3 Å². The van der Waals surface area contributed by atoms with E-state index >= 15 is 0 Å². The SMILES string of the molecule is O=C1NC(=O)N(c2ccc(Br)cc2)C(=O)/C1=C/c1cc(Br)c(OCc2ccc(Cl)cc2)c(I)c1. The van der Waals surface area contributed by atoms with Crippen LogP contribution < -0.4 is 15.0 Å². The maximum atomic E-state index is 13.1. The average Bonchev–Trinajstić information content (AvgIpc) is 2.78. The lowest BCUT2D eigenvalue weighted by Crippen LogP contribution is -2.54. The van der Waals surface area contributed by atoms with E-state index in [1.54, 1.807) is 48.5 Å². The Kier molecular flexibility index (Phi) is 7.76. The van der Waals surface area contributed by atoms with E-state index in [9.17, 15) is 14.4 Å². The van der Waals surface area contributed by atoms with Crippen LogP contribution in [-0.2, 0) is 16.2 Å².